The van der Waals surface area contributed by atoms with E-state index in [1.165, 1.54) is 50.1 Å². The number of nitrogens with one attached hydrogen (secondary N) is 1. The van der Waals surface area contributed by atoms with E-state index in [-0.39, 0.29) is 11.2 Å². The number of hydrogen-bond acceptors (Lipinski definition) is 2. The summed E-state index contributed by atoms with van der Waals surface area (Å²) in [6.07, 6.45) is 0. The minimum absolute atomic E-state index is 0.186. The number of benzene rings is 10. The van der Waals surface area contributed by atoms with E-state index < -0.39 is 0 Å². The Morgan fingerprint density at radius 3 is 1.38 bits per heavy atom. The fourth-order valence-electron chi connectivity index (χ4n) is 9.74. The van der Waals surface area contributed by atoms with Gasteiger partial charge in [0.15, 0.2) is 0 Å². The minimum atomic E-state index is -0.186. The average molecular weight is 834 g/mol. The van der Waals surface area contributed by atoms with E-state index in [1.807, 2.05) is 18.2 Å². The Labute approximate surface area is 381 Å². The molecule has 0 saturated carbocycles. The van der Waals surface area contributed by atoms with E-state index in [2.05, 4.69) is 231 Å². The van der Waals surface area contributed by atoms with Crippen LogP contribution in [-0.2, 0) is 5.41 Å². The van der Waals surface area contributed by atoms with Crippen molar-refractivity contribution >= 4 is 11.4 Å². The second kappa shape index (κ2) is 16.5. The molecule has 0 heterocycles. The van der Waals surface area contributed by atoms with Gasteiger partial charge in [-0.1, -0.05) is 202 Å². The fraction of sp³-hybridized carbons (Fsp3) is 0.0476. The molecule has 1 aliphatic carbocycles. The first-order valence-electron chi connectivity index (χ1n) is 22.4. The largest absolute Gasteiger partial charge is 0.507 e. The summed E-state index contributed by atoms with van der Waals surface area (Å²) in [7, 11) is 0. The van der Waals surface area contributed by atoms with Crippen LogP contribution in [0.5, 0.6) is 5.75 Å². The van der Waals surface area contributed by atoms with Gasteiger partial charge in [0, 0.05) is 27.9 Å². The molecule has 10 aromatic carbocycles. The van der Waals surface area contributed by atoms with E-state index in [0.29, 0.717) is 0 Å². The second-order valence-electron chi connectivity index (χ2n) is 17.6. The summed E-state index contributed by atoms with van der Waals surface area (Å²) in [5, 5.41) is 14.6. The number of phenols is 1. The minimum Gasteiger partial charge on any atom is -0.507 e. The normalized spacial score (nSPS) is 12.3. The van der Waals surface area contributed by atoms with Gasteiger partial charge in [-0.2, -0.15) is 0 Å². The molecule has 10 aromatic rings. The van der Waals surface area contributed by atoms with Crippen molar-refractivity contribution in [3.63, 3.8) is 0 Å². The molecule has 0 radical (unpaired) electrons. The zero-order chi connectivity index (χ0) is 43.9. The van der Waals surface area contributed by atoms with E-state index in [9.17, 15) is 5.11 Å². The van der Waals surface area contributed by atoms with Crippen LogP contribution in [0, 0.1) is 0 Å². The molecule has 2 N–H and O–H groups in total. The van der Waals surface area contributed by atoms with Crippen molar-refractivity contribution in [1.82, 2.24) is 0 Å². The molecule has 1 aliphatic rings. The monoisotopic (exact) mass is 833 g/mol. The molecule has 11 rings (SSSR count). The number of aromatic hydroxyl groups is 1. The van der Waals surface area contributed by atoms with Crippen LogP contribution in [0.2, 0.25) is 0 Å². The zero-order valence-corrected chi connectivity index (χ0v) is 36.5. The highest BCUT2D eigenvalue weighted by molar-refractivity contribution is 5.94. The van der Waals surface area contributed by atoms with Crippen molar-refractivity contribution < 1.29 is 5.11 Å². The first kappa shape index (κ1) is 39.6. The van der Waals surface area contributed by atoms with Crippen molar-refractivity contribution in [2.45, 2.75) is 19.3 Å². The Hall–Kier alpha value is -8.20. The van der Waals surface area contributed by atoms with Gasteiger partial charge in [-0.3, -0.25) is 0 Å². The van der Waals surface area contributed by atoms with Crippen LogP contribution < -0.4 is 5.32 Å². The lowest BCUT2D eigenvalue weighted by Gasteiger charge is -2.23. The van der Waals surface area contributed by atoms with Gasteiger partial charge in [0.1, 0.15) is 5.75 Å². The molecule has 2 heteroatoms. The molecule has 0 saturated heterocycles. The van der Waals surface area contributed by atoms with Crippen molar-refractivity contribution in [2.24, 2.45) is 0 Å². The van der Waals surface area contributed by atoms with Gasteiger partial charge >= 0.3 is 0 Å². The van der Waals surface area contributed by atoms with Crippen LogP contribution in [0.15, 0.2) is 237 Å². The highest BCUT2D eigenvalue weighted by Gasteiger charge is 2.36. The molecule has 65 heavy (non-hydrogen) atoms. The van der Waals surface area contributed by atoms with Crippen LogP contribution in [-0.4, -0.2) is 5.11 Å². The third-order valence-corrected chi connectivity index (χ3v) is 13.2. The maximum absolute atomic E-state index is 10.7. The maximum Gasteiger partial charge on any atom is 0.123 e. The van der Waals surface area contributed by atoms with Crippen LogP contribution in [0.3, 0.4) is 0 Å². The van der Waals surface area contributed by atoms with Crippen LogP contribution in [0.1, 0.15) is 25.0 Å². The van der Waals surface area contributed by atoms with Gasteiger partial charge in [0.05, 0.1) is 0 Å². The Balaban J connectivity index is 0.936. The Bertz CT molecular complexity index is 3360. The average Bonchev–Trinajstić information content (AvgIpc) is 3.59. The van der Waals surface area contributed by atoms with Crippen molar-refractivity contribution in [1.29, 1.82) is 0 Å². The molecule has 0 aliphatic heterocycles. The van der Waals surface area contributed by atoms with Crippen molar-refractivity contribution in [3.8, 4) is 94.8 Å². The Morgan fingerprint density at radius 2 is 0.723 bits per heavy atom. The molecule has 0 spiro atoms. The van der Waals surface area contributed by atoms with E-state index >= 15 is 0 Å². The summed E-state index contributed by atoms with van der Waals surface area (Å²) in [5.41, 5.74) is 23.0. The van der Waals surface area contributed by atoms with Gasteiger partial charge in [0.25, 0.3) is 0 Å². The van der Waals surface area contributed by atoms with E-state index in [4.69, 9.17) is 0 Å². The fourth-order valence-corrected chi connectivity index (χ4v) is 9.74. The number of anilines is 2. The lowest BCUT2D eigenvalue weighted by molar-refractivity contribution is 0.477. The molecule has 0 unspecified atom stereocenters. The molecular weight excluding hydrogens is 787 g/mol. The predicted octanol–water partition coefficient (Wildman–Crippen LogP) is 17.1. The standard InChI is InChI=1S/C63H47NO/c1-63(2)59-40-49(45-29-27-44(28-30-45)42-15-5-3-6-16-42)32-35-55(59)56-36-33-52(41-60(56)63)64-61-25-11-9-24-57(61)54-34-31-48(43-17-7-4-8-18-43)39-58(54)51-22-14-20-47(38-51)46-19-13-21-50(37-46)53-23-10-12-26-62(53)65/h3-41,64-65H,1-2H3. The third kappa shape index (κ3) is 7.49. The summed E-state index contributed by atoms with van der Waals surface area (Å²) in [6.45, 7) is 4.71. The second-order valence-corrected chi connectivity index (χ2v) is 17.6. The number of rotatable bonds is 9. The van der Waals surface area contributed by atoms with Crippen LogP contribution in [0.25, 0.3) is 89.0 Å². The molecule has 0 aromatic heterocycles. The van der Waals surface area contributed by atoms with E-state index in [0.717, 1.165) is 61.4 Å². The number of fused-ring (bicyclic) bond motifs is 3. The molecule has 310 valence electrons. The van der Waals surface area contributed by atoms with Crippen molar-refractivity contribution in [2.75, 3.05) is 5.32 Å². The summed E-state index contributed by atoms with van der Waals surface area (Å²) in [6, 6.07) is 84.2. The van der Waals surface area contributed by atoms with Gasteiger partial charge in [-0.25, -0.2) is 0 Å². The molecule has 0 atom stereocenters. The highest BCUT2D eigenvalue weighted by Crippen LogP contribution is 2.51. The Kier molecular flexibility index (Phi) is 10.1. The molecular formula is C63H47NO. The lowest BCUT2D eigenvalue weighted by atomic mass is 9.81. The first-order valence-corrected chi connectivity index (χ1v) is 22.4. The predicted molar refractivity (Wildman–Crippen MR) is 273 cm³/mol. The van der Waals surface area contributed by atoms with E-state index in [1.54, 1.807) is 6.07 Å². The maximum atomic E-state index is 10.7. The summed E-state index contributed by atoms with van der Waals surface area (Å²) >= 11 is 0. The third-order valence-electron chi connectivity index (χ3n) is 13.2. The lowest BCUT2D eigenvalue weighted by Crippen LogP contribution is -2.15. The Morgan fingerprint density at radius 1 is 0.292 bits per heavy atom. The smallest absolute Gasteiger partial charge is 0.123 e. The summed E-state index contributed by atoms with van der Waals surface area (Å²) in [4.78, 5) is 0. The molecule has 0 bridgehead atoms. The SMILES string of the molecule is CC1(C)c2cc(Nc3ccccc3-c3ccc(-c4ccccc4)cc3-c3cccc(-c4cccc(-c5ccccc5O)c4)c3)ccc2-c2ccc(-c3ccc(-c4ccccc4)cc3)cc21. The molecule has 2 nitrogen and oxygen atoms in total. The van der Waals surface area contributed by atoms with Crippen molar-refractivity contribution in [3.05, 3.63) is 248 Å². The van der Waals surface area contributed by atoms with Crippen LogP contribution in [0.4, 0.5) is 11.4 Å². The topological polar surface area (TPSA) is 32.3 Å². The first-order chi connectivity index (χ1) is 31.9. The number of phenolic OH excluding ortho intramolecular Hbond substituents is 1. The zero-order valence-electron chi connectivity index (χ0n) is 36.5. The number of para-hydroxylation sites is 2. The summed E-state index contributed by atoms with van der Waals surface area (Å²) < 4.78 is 0. The van der Waals surface area contributed by atoms with Gasteiger partial charge in [0.2, 0.25) is 0 Å². The molecule has 0 fully saturated rings. The summed E-state index contributed by atoms with van der Waals surface area (Å²) in [5.74, 6) is 0.275. The molecule has 0 amide bonds. The number of hydrogen-bond donors (Lipinski definition) is 2. The highest BCUT2D eigenvalue weighted by atomic mass is 16.3. The van der Waals surface area contributed by atoms with Gasteiger partial charge in [-0.15, -0.1) is 0 Å². The quantitative estimate of drug-likeness (QED) is 0.152. The van der Waals surface area contributed by atoms with Gasteiger partial charge in [-0.05, 0) is 138 Å². The van der Waals surface area contributed by atoms with Crippen LogP contribution >= 0.6 is 0 Å². The van der Waals surface area contributed by atoms with Gasteiger partial charge < -0.3 is 10.4 Å².